The third-order valence-corrected chi connectivity index (χ3v) is 3.32. The molecule has 0 aliphatic carbocycles. The number of guanidine groups is 1. The normalized spacial score (nSPS) is 11.2. The van der Waals surface area contributed by atoms with Gasteiger partial charge in [0.25, 0.3) is 0 Å². The van der Waals surface area contributed by atoms with Crippen LogP contribution in [0.3, 0.4) is 0 Å². The maximum atomic E-state index is 12.1. The topological polar surface area (TPSA) is 55.3 Å². The van der Waals surface area contributed by atoms with Crippen molar-refractivity contribution in [3.63, 3.8) is 0 Å². The number of hydrogen-bond acceptors (Lipinski definition) is 4. The maximum absolute atomic E-state index is 12.1. The highest BCUT2D eigenvalue weighted by atomic mass is 127. The van der Waals surface area contributed by atoms with Crippen LogP contribution in [-0.4, -0.2) is 65.0 Å². The maximum Gasteiger partial charge on any atom is 0.387 e. The predicted molar refractivity (Wildman–Crippen MR) is 109 cm³/mol. The molecular weight excluding hydrogens is 459 g/mol. The van der Waals surface area contributed by atoms with Gasteiger partial charge in [-0.2, -0.15) is 8.78 Å². The van der Waals surface area contributed by atoms with E-state index in [0.717, 1.165) is 24.5 Å². The van der Waals surface area contributed by atoms with E-state index in [0.29, 0.717) is 26.4 Å². The molecule has 0 amide bonds. The molecule has 1 aromatic rings. The Balaban J connectivity index is 0.00000625. The van der Waals surface area contributed by atoms with Gasteiger partial charge in [-0.3, -0.25) is 4.99 Å². The number of nitrogens with one attached hydrogen (secondary N) is 1. The number of ether oxygens (including phenoxy) is 3. The fourth-order valence-electron chi connectivity index (χ4n) is 2.13. The number of benzene rings is 1. The molecule has 0 bridgehead atoms. The van der Waals surface area contributed by atoms with E-state index < -0.39 is 6.61 Å². The second kappa shape index (κ2) is 14.9. The Morgan fingerprint density at radius 3 is 2.46 bits per heavy atom. The molecule has 0 saturated carbocycles. The van der Waals surface area contributed by atoms with Crippen LogP contribution in [0.5, 0.6) is 5.75 Å². The van der Waals surface area contributed by atoms with E-state index in [9.17, 15) is 8.78 Å². The molecule has 0 spiro atoms. The molecule has 0 unspecified atom stereocenters. The van der Waals surface area contributed by atoms with Gasteiger partial charge in [0.2, 0.25) is 0 Å². The summed E-state index contributed by atoms with van der Waals surface area (Å²) in [5.41, 5.74) is 0.968. The molecule has 0 radical (unpaired) electrons. The van der Waals surface area contributed by atoms with Crippen molar-refractivity contribution in [1.29, 1.82) is 0 Å². The molecule has 6 nitrogen and oxygen atoms in total. The van der Waals surface area contributed by atoms with Gasteiger partial charge in [0.1, 0.15) is 5.75 Å². The number of hydrogen-bond donors (Lipinski definition) is 1. The van der Waals surface area contributed by atoms with E-state index in [1.54, 1.807) is 26.3 Å². The van der Waals surface area contributed by atoms with Gasteiger partial charge in [-0.25, -0.2) is 0 Å². The zero-order valence-electron chi connectivity index (χ0n) is 15.4. The molecule has 0 aliphatic rings. The van der Waals surface area contributed by atoms with Gasteiger partial charge >= 0.3 is 6.61 Å². The molecule has 0 atom stereocenters. The van der Waals surface area contributed by atoms with Crippen molar-refractivity contribution in [2.24, 2.45) is 4.99 Å². The minimum Gasteiger partial charge on any atom is -0.435 e. The van der Waals surface area contributed by atoms with Crippen LogP contribution in [0.15, 0.2) is 29.3 Å². The van der Waals surface area contributed by atoms with Crippen LogP contribution >= 0.6 is 24.0 Å². The molecule has 1 aromatic carbocycles. The monoisotopic (exact) mass is 487 g/mol. The third-order valence-electron chi connectivity index (χ3n) is 3.32. The molecule has 1 rings (SSSR count). The lowest BCUT2D eigenvalue weighted by molar-refractivity contribution is -0.0498. The summed E-state index contributed by atoms with van der Waals surface area (Å²) in [6.45, 7) is 0.373. The lowest BCUT2D eigenvalue weighted by Crippen LogP contribution is -2.39. The smallest absolute Gasteiger partial charge is 0.387 e. The summed E-state index contributed by atoms with van der Waals surface area (Å²) < 4.78 is 38.9. The highest BCUT2D eigenvalue weighted by Crippen LogP contribution is 2.15. The molecule has 0 aliphatic heterocycles. The third kappa shape index (κ3) is 10.7. The summed E-state index contributed by atoms with van der Waals surface area (Å²) in [5, 5.41) is 3.26. The first-order valence-electron chi connectivity index (χ1n) is 8.09. The second-order valence-corrected chi connectivity index (χ2v) is 5.31. The zero-order chi connectivity index (χ0) is 18.5. The highest BCUT2D eigenvalue weighted by molar-refractivity contribution is 14.0. The van der Waals surface area contributed by atoms with Gasteiger partial charge in [-0.1, -0.05) is 12.1 Å². The number of nitrogens with zero attached hydrogens (tertiary/aromatic N) is 2. The summed E-state index contributed by atoms with van der Waals surface area (Å²) in [7, 11) is 5.27. The Labute approximate surface area is 170 Å². The van der Waals surface area contributed by atoms with Crippen molar-refractivity contribution in [3.8, 4) is 5.75 Å². The summed E-state index contributed by atoms with van der Waals surface area (Å²) >= 11 is 0. The zero-order valence-corrected chi connectivity index (χ0v) is 17.7. The number of aliphatic imine (C=N–C) groups is 1. The predicted octanol–water partition coefficient (Wildman–Crippen LogP) is 2.97. The first-order chi connectivity index (χ1) is 12.1. The van der Waals surface area contributed by atoms with E-state index >= 15 is 0 Å². The Hall–Kier alpha value is -1.20. The standard InChI is InChI=1S/C17H27F2N3O3.HI/c1-20-17(21-9-4-10-24-12-11-23-3)22(2)13-14-5-7-15(8-6-14)25-16(18)19;/h5-8,16H,4,9-13H2,1-3H3,(H,20,21);1H. The molecule has 150 valence electrons. The molecule has 26 heavy (non-hydrogen) atoms. The average Bonchev–Trinajstić information content (AvgIpc) is 2.58. The second-order valence-electron chi connectivity index (χ2n) is 5.31. The SMILES string of the molecule is CN=C(NCCCOCCOC)N(C)Cc1ccc(OC(F)F)cc1.I. The Morgan fingerprint density at radius 2 is 1.88 bits per heavy atom. The van der Waals surface area contributed by atoms with Crippen LogP contribution in [0.25, 0.3) is 0 Å². The van der Waals surface area contributed by atoms with E-state index in [2.05, 4.69) is 15.0 Å². The number of alkyl halides is 2. The molecule has 1 N–H and O–H groups in total. The lowest BCUT2D eigenvalue weighted by Gasteiger charge is -2.22. The van der Waals surface area contributed by atoms with Gasteiger partial charge in [-0.05, 0) is 24.1 Å². The van der Waals surface area contributed by atoms with Gasteiger partial charge in [-0.15, -0.1) is 24.0 Å². The quantitative estimate of drug-likeness (QED) is 0.225. The average molecular weight is 487 g/mol. The van der Waals surface area contributed by atoms with E-state index in [1.165, 1.54) is 12.1 Å². The van der Waals surface area contributed by atoms with E-state index in [4.69, 9.17) is 9.47 Å². The van der Waals surface area contributed by atoms with Crippen molar-refractivity contribution in [2.45, 2.75) is 19.6 Å². The summed E-state index contributed by atoms with van der Waals surface area (Å²) in [4.78, 5) is 6.19. The van der Waals surface area contributed by atoms with E-state index in [-0.39, 0.29) is 29.7 Å². The fraction of sp³-hybridized carbons (Fsp3) is 0.588. The van der Waals surface area contributed by atoms with Gasteiger partial charge in [0.15, 0.2) is 5.96 Å². The van der Waals surface area contributed by atoms with Crippen LogP contribution in [0, 0.1) is 0 Å². The van der Waals surface area contributed by atoms with Gasteiger partial charge in [0.05, 0.1) is 13.2 Å². The van der Waals surface area contributed by atoms with Crippen LogP contribution in [0.2, 0.25) is 0 Å². The van der Waals surface area contributed by atoms with Crippen molar-refractivity contribution in [1.82, 2.24) is 10.2 Å². The molecule has 0 saturated heterocycles. The largest absolute Gasteiger partial charge is 0.435 e. The lowest BCUT2D eigenvalue weighted by atomic mass is 10.2. The number of rotatable bonds is 11. The van der Waals surface area contributed by atoms with Crippen LogP contribution < -0.4 is 10.1 Å². The highest BCUT2D eigenvalue weighted by Gasteiger charge is 2.08. The Morgan fingerprint density at radius 1 is 1.19 bits per heavy atom. The van der Waals surface area contributed by atoms with Gasteiger partial charge < -0.3 is 24.4 Å². The first-order valence-corrected chi connectivity index (χ1v) is 8.09. The molecule has 0 heterocycles. The summed E-state index contributed by atoms with van der Waals surface area (Å²) in [6, 6.07) is 6.57. The fourth-order valence-corrected chi connectivity index (χ4v) is 2.13. The number of halogens is 3. The molecule has 0 aromatic heterocycles. The Kier molecular flexibility index (Phi) is 14.2. The molecule has 9 heteroatoms. The molecular formula is C17H28F2IN3O3. The minimum absolute atomic E-state index is 0. The van der Waals surface area contributed by atoms with Gasteiger partial charge in [0, 0.05) is 40.9 Å². The van der Waals surface area contributed by atoms with E-state index in [1.807, 2.05) is 11.9 Å². The van der Waals surface area contributed by atoms with Crippen LogP contribution in [-0.2, 0) is 16.0 Å². The number of methoxy groups -OCH3 is 1. The first kappa shape index (κ1) is 24.8. The molecule has 0 fully saturated rings. The summed E-state index contributed by atoms with van der Waals surface area (Å²) in [6.07, 6.45) is 0.857. The van der Waals surface area contributed by atoms with Crippen molar-refractivity contribution in [3.05, 3.63) is 29.8 Å². The minimum atomic E-state index is -2.81. The van der Waals surface area contributed by atoms with Crippen molar-refractivity contribution < 1.29 is 23.0 Å². The van der Waals surface area contributed by atoms with Crippen molar-refractivity contribution >= 4 is 29.9 Å². The van der Waals surface area contributed by atoms with Crippen molar-refractivity contribution in [2.75, 3.05) is 47.6 Å². The van der Waals surface area contributed by atoms with Crippen LogP contribution in [0.4, 0.5) is 8.78 Å². The summed E-state index contributed by atoms with van der Waals surface area (Å²) in [5.74, 6) is 0.905. The Bertz CT molecular complexity index is 505. The van der Waals surface area contributed by atoms with Crippen LogP contribution in [0.1, 0.15) is 12.0 Å².